The zero-order valence-corrected chi connectivity index (χ0v) is 7.77. The van der Waals surface area contributed by atoms with Gasteiger partial charge in [0.15, 0.2) is 5.78 Å². The summed E-state index contributed by atoms with van der Waals surface area (Å²) in [4.78, 5) is 11.6. The molecule has 14 heavy (non-hydrogen) atoms. The first-order valence-corrected chi connectivity index (χ1v) is 4.25. The summed E-state index contributed by atoms with van der Waals surface area (Å²) in [5.41, 5.74) is 1.52. The zero-order valence-electron chi connectivity index (χ0n) is 7.77. The molecule has 0 spiro atoms. The van der Waals surface area contributed by atoms with Crippen LogP contribution in [0.4, 0.5) is 0 Å². The Morgan fingerprint density at radius 2 is 2.43 bits per heavy atom. The Morgan fingerprint density at radius 3 is 3.00 bits per heavy atom. The molecule has 0 fully saturated rings. The summed E-state index contributed by atoms with van der Waals surface area (Å²) in [6.45, 7) is 0. The lowest BCUT2D eigenvalue weighted by molar-refractivity contribution is 0.0993. The Balaban J connectivity index is 2.09. The average molecular weight is 190 g/mol. The fourth-order valence-corrected chi connectivity index (χ4v) is 1.25. The van der Waals surface area contributed by atoms with E-state index in [1.165, 1.54) is 6.20 Å². The number of ketones is 1. The van der Waals surface area contributed by atoms with Crippen LogP contribution in [0.1, 0.15) is 15.9 Å². The van der Waals surface area contributed by atoms with E-state index in [1.807, 2.05) is 13.2 Å². The molecule has 5 heteroatoms. The molecule has 2 aromatic rings. The van der Waals surface area contributed by atoms with E-state index in [1.54, 1.807) is 17.1 Å². The van der Waals surface area contributed by atoms with Gasteiger partial charge >= 0.3 is 0 Å². The van der Waals surface area contributed by atoms with Gasteiger partial charge in [0, 0.05) is 25.9 Å². The molecule has 0 radical (unpaired) electrons. The topological polar surface area (TPSA) is 63.6 Å². The minimum absolute atomic E-state index is 0.0479. The van der Waals surface area contributed by atoms with Crippen LogP contribution in [0.5, 0.6) is 0 Å². The third-order valence-electron chi connectivity index (χ3n) is 1.94. The first-order chi connectivity index (χ1) is 6.75. The van der Waals surface area contributed by atoms with Crippen molar-refractivity contribution in [3.05, 3.63) is 35.9 Å². The van der Waals surface area contributed by atoms with Crippen molar-refractivity contribution in [2.24, 2.45) is 7.05 Å². The highest BCUT2D eigenvalue weighted by molar-refractivity contribution is 5.96. The highest BCUT2D eigenvalue weighted by Gasteiger charge is 2.08. The quantitative estimate of drug-likeness (QED) is 0.719. The first kappa shape index (κ1) is 8.68. The number of nitrogens with zero attached hydrogens (tertiary/aromatic N) is 3. The van der Waals surface area contributed by atoms with Gasteiger partial charge < -0.3 is 0 Å². The van der Waals surface area contributed by atoms with E-state index in [4.69, 9.17) is 0 Å². The normalized spacial score (nSPS) is 10.4. The van der Waals surface area contributed by atoms with Gasteiger partial charge in [0.05, 0.1) is 18.0 Å². The van der Waals surface area contributed by atoms with Crippen LogP contribution in [0.3, 0.4) is 0 Å². The molecule has 2 aromatic heterocycles. The van der Waals surface area contributed by atoms with Crippen LogP contribution in [-0.2, 0) is 13.5 Å². The highest BCUT2D eigenvalue weighted by atomic mass is 16.1. The second-order valence-electron chi connectivity index (χ2n) is 3.11. The number of rotatable bonds is 3. The fourth-order valence-electron chi connectivity index (χ4n) is 1.25. The van der Waals surface area contributed by atoms with E-state index in [9.17, 15) is 4.79 Å². The van der Waals surface area contributed by atoms with E-state index in [0.29, 0.717) is 12.0 Å². The van der Waals surface area contributed by atoms with E-state index in [0.717, 1.165) is 5.56 Å². The molecule has 0 bridgehead atoms. The summed E-state index contributed by atoms with van der Waals surface area (Å²) in [6.07, 6.45) is 7.01. The second-order valence-corrected chi connectivity index (χ2v) is 3.11. The molecule has 0 aliphatic carbocycles. The predicted octanol–water partition coefficient (Wildman–Crippen LogP) is 0.569. The number of Topliss-reactive ketones (excluding diaryl/α,β-unsaturated/α-hetero) is 1. The maximum atomic E-state index is 11.6. The first-order valence-electron chi connectivity index (χ1n) is 4.25. The lowest BCUT2D eigenvalue weighted by Crippen LogP contribution is -2.01. The summed E-state index contributed by atoms with van der Waals surface area (Å²) in [5, 5.41) is 10.3. The number of hydrogen-bond acceptors (Lipinski definition) is 3. The molecule has 0 aromatic carbocycles. The standard InChI is InChI=1S/C9H10N4O/c1-13-6-7(3-12-13)2-9(14)8-4-10-11-5-8/h3-6H,2H2,1H3,(H,10,11). The molecule has 72 valence electrons. The van der Waals surface area contributed by atoms with Crippen LogP contribution in [0, 0.1) is 0 Å². The Morgan fingerprint density at radius 1 is 1.57 bits per heavy atom. The van der Waals surface area contributed by atoms with Crippen LogP contribution in [0.2, 0.25) is 0 Å². The molecule has 2 heterocycles. The number of aromatic amines is 1. The summed E-state index contributed by atoms with van der Waals surface area (Å²) < 4.78 is 1.68. The zero-order chi connectivity index (χ0) is 9.97. The van der Waals surface area contributed by atoms with E-state index in [2.05, 4.69) is 15.3 Å². The monoisotopic (exact) mass is 190 g/mol. The average Bonchev–Trinajstić information content (AvgIpc) is 2.75. The van der Waals surface area contributed by atoms with Gasteiger partial charge in [-0.1, -0.05) is 0 Å². The molecule has 1 N–H and O–H groups in total. The van der Waals surface area contributed by atoms with Crippen molar-refractivity contribution in [1.82, 2.24) is 20.0 Å². The molecule has 0 saturated carbocycles. The van der Waals surface area contributed by atoms with Crippen molar-refractivity contribution in [3.63, 3.8) is 0 Å². The Bertz CT molecular complexity index is 429. The lowest BCUT2D eigenvalue weighted by atomic mass is 10.1. The molecule has 5 nitrogen and oxygen atoms in total. The number of aromatic nitrogens is 4. The van der Waals surface area contributed by atoms with Crippen molar-refractivity contribution in [2.75, 3.05) is 0 Å². The summed E-state index contributed by atoms with van der Waals surface area (Å²) in [6, 6.07) is 0. The predicted molar refractivity (Wildman–Crippen MR) is 49.8 cm³/mol. The smallest absolute Gasteiger partial charge is 0.170 e. The van der Waals surface area contributed by atoms with Gasteiger partial charge in [-0.2, -0.15) is 10.2 Å². The van der Waals surface area contributed by atoms with Crippen LogP contribution >= 0.6 is 0 Å². The molecular weight excluding hydrogens is 180 g/mol. The molecule has 0 amide bonds. The molecule has 2 rings (SSSR count). The SMILES string of the molecule is Cn1cc(CC(=O)c2cn[nH]c2)cn1. The summed E-state index contributed by atoms with van der Waals surface area (Å²) >= 11 is 0. The number of hydrogen-bond donors (Lipinski definition) is 1. The Kier molecular flexibility index (Phi) is 2.14. The number of carbonyl (C=O) groups excluding carboxylic acids is 1. The van der Waals surface area contributed by atoms with Crippen molar-refractivity contribution >= 4 is 5.78 Å². The number of carbonyl (C=O) groups is 1. The van der Waals surface area contributed by atoms with E-state index in [-0.39, 0.29) is 5.78 Å². The minimum atomic E-state index is 0.0479. The van der Waals surface area contributed by atoms with Gasteiger partial charge in [-0.05, 0) is 5.56 Å². The van der Waals surface area contributed by atoms with E-state index < -0.39 is 0 Å². The largest absolute Gasteiger partial charge is 0.294 e. The highest BCUT2D eigenvalue weighted by Crippen LogP contribution is 2.04. The van der Waals surface area contributed by atoms with Gasteiger partial charge in [-0.3, -0.25) is 14.6 Å². The molecule has 0 saturated heterocycles. The van der Waals surface area contributed by atoms with Gasteiger partial charge in [0.25, 0.3) is 0 Å². The van der Waals surface area contributed by atoms with Crippen molar-refractivity contribution in [1.29, 1.82) is 0 Å². The maximum absolute atomic E-state index is 11.6. The molecule has 0 aliphatic heterocycles. The lowest BCUT2D eigenvalue weighted by Gasteiger charge is -1.92. The molecule has 0 unspecified atom stereocenters. The van der Waals surface area contributed by atoms with Crippen molar-refractivity contribution in [2.45, 2.75) is 6.42 Å². The number of nitrogens with one attached hydrogen (secondary N) is 1. The Hall–Kier alpha value is -1.91. The van der Waals surface area contributed by atoms with Gasteiger partial charge in [0.2, 0.25) is 0 Å². The van der Waals surface area contributed by atoms with Crippen molar-refractivity contribution in [3.8, 4) is 0 Å². The second kappa shape index (κ2) is 3.45. The van der Waals surface area contributed by atoms with Crippen LogP contribution in [0.15, 0.2) is 24.8 Å². The minimum Gasteiger partial charge on any atom is -0.294 e. The van der Waals surface area contributed by atoms with Gasteiger partial charge in [-0.15, -0.1) is 0 Å². The number of H-pyrrole nitrogens is 1. The van der Waals surface area contributed by atoms with Crippen molar-refractivity contribution < 1.29 is 4.79 Å². The van der Waals surface area contributed by atoms with E-state index >= 15 is 0 Å². The molecule has 0 atom stereocenters. The van der Waals surface area contributed by atoms with Crippen LogP contribution in [0.25, 0.3) is 0 Å². The third-order valence-corrected chi connectivity index (χ3v) is 1.94. The molecule has 0 aliphatic rings. The summed E-state index contributed by atoms with van der Waals surface area (Å²) in [5.74, 6) is 0.0479. The van der Waals surface area contributed by atoms with Crippen LogP contribution < -0.4 is 0 Å². The fraction of sp³-hybridized carbons (Fsp3) is 0.222. The van der Waals surface area contributed by atoms with Gasteiger partial charge in [0.1, 0.15) is 0 Å². The van der Waals surface area contributed by atoms with Crippen LogP contribution in [-0.4, -0.2) is 25.8 Å². The Labute approximate surface area is 80.7 Å². The number of aryl methyl sites for hydroxylation is 1. The molecular formula is C9H10N4O. The van der Waals surface area contributed by atoms with Gasteiger partial charge in [-0.25, -0.2) is 0 Å². The maximum Gasteiger partial charge on any atom is 0.170 e. The third kappa shape index (κ3) is 1.71. The summed E-state index contributed by atoms with van der Waals surface area (Å²) in [7, 11) is 1.83.